The van der Waals surface area contributed by atoms with Crippen LogP contribution >= 0.6 is 11.6 Å². The second-order valence-electron chi connectivity index (χ2n) is 7.73. The quantitative estimate of drug-likeness (QED) is 0.865. The van der Waals surface area contributed by atoms with Crippen LogP contribution in [0.3, 0.4) is 0 Å². The molecule has 2 aliphatic heterocycles. The topological polar surface area (TPSA) is 44.8 Å². The average Bonchev–Trinajstić information content (AvgIpc) is 3.39. The van der Waals surface area contributed by atoms with Gasteiger partial charge in [0.1, 0.15) is 11.6 Å². The van der Waals surface area contributed by atoms with Crippen LogP contribution < -0.4 is 5.32 Å². The van der Waals surface area contributed by atoms with Crippen molar-refractivity contribution in [3.05, 3.63) is 34.9 Å². The highest BCUT2D eigenvalue weighted by atomic mass is 35.5. The summed E-state index contributed by atoms with van der Waals surface area (Å²) in [6, 6.07) is 7.86. The molecule has 0 radical (unpaired) electrons. The van der Waals surface area contributed by atoms with Gasteiger partial charge in [-0.1, -0.05) is 29.8 Å². The van der Waals surface area contributed by atoms with Crippen molar-refractivity contribution in [1.29, 1.82) is 0 Å². The van der Waals surface area contributed by atoms with E-state index in [0.717, 1.165) is 49.2 Å². The molecular weight excluding hydrogens is 338 g/mol. The Hall–Kier alpha value is -1.14. The van der Waals surface area contributed by atoms with Gasteiger partial charge in [0, 0.05) is 44.8 Å². The van der Waals surface area contributed by atoms with Crippen LogP contribution in [-0.2, 0) is 16.1 Å². The van der Waals surface area contributed by atoms with E-state index in [-0.39, 0.29) is 17.6 Å². The maximum absolute atomic E-state index is 12.2. The van der Waals surface area contributed by atoms with Crippen LogP contribution in [0.15, 0.2) is 24.3 Å². The van der Waals surface area contributed by atoms with Gasteiger partial charge in [0.2, 0.25) is 5.91 Å². The molecule has 2 saturated heterocycles. The molecule has 4 rings (SSSR count). The number of carbonyl (C=O) groups is 1. The van der Waals surface area contributed by atoms with Crippen molar-refractivity contribution in [3.63, 3.8) is 0 Å². The number of amides is 1. The zero-order valence-corrected chi connectivity index (χ0v) is 15.5. The summed E-state index contributed by atoms with van der Waals surface area (Å²) >= 11 is 6.27. The Labute approximate surface area is 154 Å². The minimum Gasteiger partial charge on any atom is -0.369 e. The largest absolute Gasteiger partial charge is 0.369 e. The highest BCUT2D eigenvalue weighted by Gasteiger charge is 2.50. The van der Waals surface area contributed by atoms with E-state index in [9.17, 15) is 4.79 Å². The molecule has 1 atom stereocenters. The van der Waals surface area contributed by atoms with Gasteiger partial charge in [-0.15, -0.1) is 0 Å². The van der Waals surface area contributed by atoms with Crippen molar-refractivity contribution >= 4 is 17.5 Å². The number of rotatable bonds is 5. The lowest BCUT2D eigenvalue weighted by molar-refractivity contribution is -0.203. The molecule has 0 aromatic heterocycles. The van der Waals surface area contributed by atoms with Crippen molar-refractivity contribution in [1.82, 2.24) is 15.1 Å². The summed E-state index contributed by atoms with van der Waals surface area (Å²) in [5, 5.41) is 3.61. The lowest BCUT2D eigenvalue weighted by Crippen LogP contribution is -2.72. The third kappa shape index (κ3) is 3.70. The number of hydrogen-bond acceptors (Lipinski definition) is 4. The predicted molar refractivity (Wildman–Crippen MR) is 97.6 cm³/mol. The number of nitrogens with one attached hydrogen (secondary N) is 1. The monoisotopic (exact) mass is 363 g/mol. The fourth-order valence-electron chi connectivity index (χ4n) is 4.06. The van der Waals surface area contributed by atoms with Crippen LogP contribution in [0.2, 0.25) is 5.02 Å². The van der Waals surface area contributed by atoms with E-state index in [1.165, 1.54) is 12.8 Å². The van der Waals surface area contributed by atoms with Crippen molar-refractivity contribution in [3.8, 4) is 0 Å². The molecule has 1 aromatic carbocycles. The third-order valence-electron chi connectivity index (χ3n) is 5.59. The maximum atomic E-state index is 12.2. The minimum atomic E-state index is -0.145. The summed E-state index contributed by atoms with van der Waals surface area (Å²) in [4.78, 5) is 16.9. The lowest BCUT2D eigenvalue weighted by atomic mass is 9.89. The van der Waals surface area contributed by atoms with Gasteiger partial charge in [-0.25, -0.2) is 0 Å². The number of likely N-dealkylation sites (tertiary alicyclic amines) is 1. The van der Waals surface area contributed by atoms with Crippen LogP contribution in [0.25, 0.3) is 0 Å². The molecule has 3 aliphatic rings. The first-order chi connectivity index (χ1) is 12.1. The molecule has 0 unspecified atom stereocenters. The smallest absolute Gasteiger partial charge is 0.239 e. The zero-order valence-electron chi connectivity index (χ0n) is 14.7. The van der Waals surface area contributed by atoms with Crippen molar-refractivity contribution in [2.75, 3.05) is 39.8 Å². The van der Waals surface area contributed by atoms with E-state index in [0.29, 0.717) is 6.61 Å². The molecule has 5 nitrogen and oxygen atoms in total. The molecule has 1 spiro atoms. The first kappa shape index (κ1) is 17.3. The SMILES string of the molecule is CNC(=O)[C@H]1COC2(CN(Cc3ccccc3Cl)C2)CN1CC1CC1. The van der Waals surface area contributed by atoms with Crippen LogP contribution in [0.1, 0.15) is 18.4 Å². The van der Waals surface area contributed by atoms with Gasteiger partial charge in [-0.2, -0.15) is 0 Å². The Balaban J connectivity index is 1.37. The molecule has 136 valence electrons. The van der Waals surface area contributed by atoms with Gasteiger partial charge in [-0.05, 0) is 30.4 Å². The fourth-order valence-corrected chi connectivity index (χ4v) is 4.25. The highest BCUT2D eigenvalue weighted by Crippen LogP contribution is 2.36. The Morgan fingerprint density at radius 1 is 1.32 bits per heavy atom. The number of halogens is 1. The first-order valence-corrected chi connectivity index (χ1v) is 9.52. The molecule has 3 fully saturated rings. The van der Waals surface area contributed by atoms with Crippen molar-refractivity contribution in [2.24, 2.45) is 5.92 Å². The average molecular weight is 364 g/mol. The standard InChI is InChI=1S/C19H26ClN3O2/c1-21-18(24)17-10-25-19(13-23(17)8-14-6-7-14)11-22(12-19)9-15-4-2-3-5-16(15)20/h2-5,14,17H,6-13H2,1H3,(H,21,24)/t17-/m1/s1. The van der Waals surface area contributed by atoms with Crippen LogP contribution in [-0.4, -0.2) is 67.2 Å². The Bertz CT molecular complexity index is 643. The van der Waals surface area contributed by atoms with Gasteiger partial charge < -0.3 is 10.1 Å². The number of ether oxygens (including phenoxy) is 1. The van der Waals surface area contributed by atoms with E-state index in [4.69, 9.17) is 16.3 Å². The second kappa shape index (κ2) is 6.88. The molecule has 1 saturated carbocycles. The zero-order chi connectivity index (χ0) is 17.4. The summed E-state index contributed by atoms with van der Waals surface area (Å²) in [6.07, 6.45) is 2.59. The normalized spacial score (nSPS) is 26.4. The van der Waals surface area contributed by atoms with Crippen LogP contribution in [0.4, 0.5) is 0 Å². The van der Waals surface area contributed by atoms with E-state index < -0.39 is 0 Å². The molecule has 6 heteroatoms. The molecule has 1 aliphatic carbocycles. The number of benzene rings is 1. The highest BCUT2D eigenvalue weighted by molar-refractivity contribution is 6.31. The van der Waals surface area contributed by atoms with Gasteiger partial charge >= 0.3 is 0 Å². The van der Waals surface area contributed by atoms with Crippen molar-refractivity contribution < 1.29 is 9.53 Å². The minimum absolute atomic E-state index is 0.0720. The maximum Gasteiger partial charge on any atom is 0.239 e. The second-order valence-corrected chi connectivity index (χ2v) is 8.14. The number of hydrogen-bond donors (Lipinski definition) is 1. The summed E-state index contributed by atoms with van der Waals surface area (Å²) in [7, 11) is 1.71. The van der Waals surface area contributed by atoms with E-state index in [2.05, 4.69) is 21.2 Å². The van der Waals surface area contributed by atoms with Gasteiger partial charge in [0.25, 0.3) is 0 Å². The molecule has 1 aromatic rings. The first-order valence-electron chi connectivity index (χ1n) is 9.14. The van der Waals surface area contributed by atoms with Gasteiger partial charge in [0.05, 0.1) is 6.61 Å². The summed E-state index contributed by atoms with van der Waals surface area (Å²) in [5.74, 6) is 0.837. The Morgan fingerprint density at radius 2 is 2.08 bits per heavy atom. The summed E-state index contributed by atoms with van der Waals surface area (Å²) in [5.41, 5.74) is 1.04. The fraction of sp³-hybridized carbons (Fsp3) is 0.632. The Kier molecular flexibility index (Phi) is 4.75. The molecule has 2 heterocycles. The van der Waals surface area contributed by atoms with Gasteiger partial charge in [-0.3, -0.25) is 14.6 Å². The number of nitrogens with zero attached hydrogens (tertiary/aromatic N) is 2. The number of morpholine rings is 1. The lowest BCUT2D eigenvalue weighted by Gasteiger charge is -2.55. The molecule has 25 heavy (non-hydrogen) atoms. The summed E-state index contributed by atoms with van der Waals surface area (Å²) < 4.78 is 6.19. The molecule has 0 bridgehead atoms. The van der Waals surface area contributed by atoms with Crippen molar-refractivity contribution in [2.45, 2.75) is 31.0 Å². The molecule has 1 amide bonds. The number of carbonyl (C=O) groups excluding carboxylic acids is 1. The Morgan fingerprint density at radius 3 is 2.76 bits per heavy atom. The van der Waals surface area contributed by atoms with E-state index >= 15 is 0 Å². The third-order valence-corrected chi connectivity index (χ3v) is 5.96. The van der Waals surface area contributed by atoms with E-state index in [1.54, 1.807) is 7.05 Å². The van der Waals surface area contributed by atoms with Gasteiger partial charge in [0.15, 0.2) is 0 Å². The van der Waals surface area contributed by atoms with Crippen LogP contribution in [0.5, 0.6) is 0 Å². The molecular formula is C19H26ClN3O2. The van der Waals surface area contributed by atoms with Crippen LogP contribution in [0, 0.1) is 5.92 Å². The predicted octanol–water partition coefficient (Wildman–Crippen LogP) is 1.75. The van der Waals surface area contributed by atoms with E-state index in [1.807, 2.05) is 18.2 Å². The molecule has 1 N–H and O–H groups in total. The summed E-state index contributed by atoms with van der Waals surface area (Å²) in [6.45, 7) is 5.02. The number of likely N-dealkylation sites (N-methyl/N-ethyl adjacent to an activating group) is 1.